The number of rotatable bonds is 5. The van der Waals surface area contributed by atoms with Crippen molar-refractivity contribution in [3.8, 4) is 6.07 Å². The van der Waals surface area contributed by atoms with Gasteiger partial charge >= 0.3 is 0 Å². The molecule has 1 aromatic heterocycles. The van der Waals surface area contributed by atoms with E-state index in [1.165, 1.54) is 12.5 Å². The lowest BCUT2D eigenvalue weighted by Gasteiger charge is -2.34. The van der Waals surface area contributed by atoms with Gasteiger partial charge in [0.25, 0.3) is 5.91 Å². The monoisotopic (exact) mass is 327 g/mol. The summed E-state index contributed by atoms with van der Waals surface area (Å²) >= 11 is 0. The molecule has 0 aliphatic heterocycles. The van der Waals surface area contributed by atoms with Crippen LogP contribution in [0.25, 0.3) is 6.08 Å². The van der Waals surface area contributed by atoms with Crippen LogP contribution < -0.4 is 10.9 Å². The number of nitriles is 1. The summed E-state index contributed by atoms with van der Waals surface area (Å²) in [5, 5.41) is 12.4. The molecule has 3 rings (SSSR count). The highest BCUT2D eigenvalue weighted by molar-refractivity contribution is 6.30. The van der Waals surface area contributed by atoms with E-state index in [0.717, 1.165) is 18.4 Å². The maximum Gasteiger partial charge on any atom is 0.262 e. The minimum Gasteiger partial charge on any atom is -0.344 e. The zero-order valence-electron chi connectivity index (χ0n) is 13.9. The van der Waals surface area contributed by atoms with Crippen molar-refractivity contribution in [3.05, 3.63) is 65.4 Å². The number of benzene rings is 1. The van der Waals surface area contributed by atoms with Crippen LogP contribution in [0.3, 0.4) is 0 Å². The molecule has 4 nitrogen and oxygen atoms in total. The van der Waals surface area contributed by atoms with Gasteiger partial charge in [0.2, 0.25) is 0 Å². The van der Waals surface area contributed by atoms with E-state index < -0.39 is 0 Å². The molecule has 0 spiro atoms. The van der Waals surface area contributed by atoms with E-state index in [0.29, 0.717) is 17.2 Å². The second-order valence-electron chi connectivity index (χ2n) is 6.21. The average molecular weight is 327 g/mol. The fourth-order valence-electron chi connectivity index (χ4n) is 2.97. The van der Waals surface area contributed by atoms with Crippen molar-refractivity contribution in [1.29, 1.82) is 5.26 Å². The standard InChI is InChI=1S/C20H18BN3O/c21-18-11-5-10-17(23-18)12-16(13-22)20(25)24-19(15-8-4-9-15)14-6-2-1-3-7-14/h1-3,5-7,10-12,15,19H,4,8-9H2,(H,24,25)/b16-12+/t19-/m1/s1. The molecule has 0 saturated heterocycles. The first-order chi connectivity index (χ1) is 12.2. The number of amides is 1. The third kappa shape index (κ3) is 4.16. The van der Waals surface area contributed by atoms with Crippen molar-refractivity contribution in [2.75, 3.05) is 0 Å². The molecule has 1 fully saturated rings. The Morgan fingerprint density at radius 1 is 1.24 bits per heavy atom. The van der Waals surface area contributed by atoms with Crippen molar-refractivity contribution < 1.29 is 4.79 Å². The van der Waals surface area contributed by atoms with Crippen molar-refractivity contribution in [1.82, 2.24) is 10.3 Å². The van der Waals surface area contributed by atoms with E-state index in [9.17, 15) is 10.1 Å². The lowest BCUT2D eigenvalue weighted by atomic mass is 9.77. The SMILES string of the molecule is [B]c1cccc(/C=C(\C#N)C(=O)N[C@H](c2ccccc2)C2CCC2)n1. The summed E-state index contributed by atoms with van der Waals surface area (Å²) in [6.45, 7) is 0. The molecular weight excluding hydrogens is 309 g/mol. The van der Waals surface area contributed by atoms with Gasteiger partial charge in [-0.15, -0.1) is 0 Å². The number of nitrogens with one attached hydrogen (secondary N) is 1. The van der Waals surface area contributed by atoms with Gasteiger partial charge < -0.3 is 5.32 Å². The second kappa shape index (κ2) is 7.80. The summed E-state index contributed by atoms with van der Waals surface area (Å²) < 4.78 is 0. The first kappa shape index (κ1) is 17.0. The summed E-state index contributed by atoms with van der Waals surface area (Å²) in [5.74, 6) is 0.0317. The van der Waals surface area contributed by atoms with Crippen LogP contribution in [-0.2, 0) is 4.79 Å². The van der Waals surface area contributed by atoms with E-state index in [1.54, 1.807) is 18.2 Å². The zero-order valence-corrected chi connectivity index (χ0v) is 13.9. The first-order valence-electron chi connectivity index (χ1n) is 8.37. The van der Waals surface area contributed by atoms with Gasteiger partial charge in [-0.1, -0.05) is 48.9 Å². The number of pyridine rings is 1. The summed E-state index contributed by atoms with van der Waals surface area (Å²) in [6.07, 6.45) is 4.82. The third-order valence-electron chi connectivity index (χ3n) is 4.52. The quantitative estimate of drug-likeness (QED) is 0.521. The Morgan fingerprint density at radius 3 is 2.60 bits per heavy atom. The number of carbonyl (C=O) groups is 1. The second-order valence-corrected chi connectivity index (χ2v) is 6.21. The van der Waals surface area contributed by atoms with E-state index in [4.69, 9.17) is 7.85 Å². The molecule has 1 atom stereocenters. The summed E-state index contributed by atoms with van der Waals surface area (Å²) in [5.41, 5.74) is 1.94. The van der Waals surface area contributed by atoms with Crippen LogP contribution in [-0.4, -0.2) is 18.7 Å². The van der Waals surface area contributed by atoms with Gasteiger partial charge in [-0.2, -0.15) is 5.26 Å². The molecule has 2 radical (unpaired) electrons. The maximum absolute atomic E-state index is 12.6. The predicted octanol–water partition coefficient (Wildman–Crippen LogP) is 2.44. The molecule has 1 aromatic carbocycles. The molecule has 1 aliphatic carbocycles. The van der Waals surface area contributed by atoms with Crippen LogP contribution in [0.5, 0.6) is 0 Å². The fourth-order valence-corrected chi connectivity index (χ4v) is 2.97. The minimum atomic E-state index is -0.382. The largest absolute Gasteiger partial charge is 0.344 e. The smallest absolute Gasteiger partial charge is 0.262 e. The fraction of sp³-hybridized carbons (Fsp3) is 0.250. The molecule has 5 heteroatoms. The summed E-state index contributed by atoms with van der Waals surface area (Å²) in [6, 6.07) is 16.9. The molecule has 25 heavy (non-hydrogen) atoms. The Hall–Kier alpha value is -2.87. The molecule has 1 heterocycles. The van der Waals surface area contributed by atoms with Crippen molar-refractivity contribution in [2.45, 2.75) is 25.3 Å². The van der Waals surface area contributed by atoms with Crippen LogP contribution in [0.4, 0.5) is 0 Å². The highest BCUT2D eigenvalue weighted by Gasteiger charge is 2.30. The molecule has 1 aliphatic rings. The van der Waals surface area contributed by atoms with E-state index >= 15 is 0 Å². The van der Waals surface area contributed by atoms with Crippen LogP contribution in [0.15, 0.2) is 54.1 Å². The van der Waals surface area contributed by atoms with Gasteiger partial charge in [-0.25, -0.2) is 0 Å². The van der Waals surface area contributed by atoms with E-state index in [-0.39, 0.29) is 17.5 Å². The molecule has 0 bridgehead atoms. The van der Waals surface area contributed by atoms with Crippen LogP contribution in [0.1, 0.15) is 36.6 Å². The number of hydrogen-bond acceptors (Lipinski definition) is 3. The van der Waals surface area contributed by atoms with Crippen molar-refractivity contribution in [2.24, 2.45) is 5.92 Å². The Kier molecular flexibility index (Phi) is 5.30. The molecule has 1 amide bonds. The molecule has 2 aromatic rings. The van der Waals surface area contributed by atoms with Gasteiger partial charge in [-0.05, 0) is 42.1 Å². The molecule has 0 unspecified atom stereocenters. The Morgan fingerprint density at radius 2 is 2.00 bits per heavy atom. The topological polar surface area (TPSA) is 65.8 Å². The van der Waals surface area contributed by atoms with Crippen molar-refractivity contribution in [3.63, 3.8) is 0 Å². The number of nitrogens with zero attached hydrogens (tertiary/aromatic N) is 2. The van der Waals surface area contributed by atoms with Gasteiger partial charge in [0.05, 0.1) is 11.7 Å². The minimum absolute atomic E-state index is 0.0263. The van der Waals surface area contributed by atoms with Crippen LogP contribution >= 0.6 is 0 Å². The zero-order chi connectivity index (χ0) is 17.6. The number of carbonyl (C=O) groups excluding carboxylic acids is 1. The highest BCUT2D eigenvalue weighted by atomic mass is 16.1. The van der Waals surface area contributed by atoms with Gasteiger partial charge in [-0.3, -0.25) is 9.78 Å². The summed E-state index contributed by atoms with van der Waals surface area (Å²) in [7, 11) is 5.65. The summed E-state index contributed by atoms with van der Waals surface area (Å²) in [4.78, 5) is 16.7. The lowest BCUT2D eigenvalue weighted by molar-refractivity contribution is -0.118. The number of hydrogen-bond donors (Lipinski definition) is 1. The Bertz CT molecular complexity index is 822. The molecule has 122 valence electrons. The number of aromatic nitrogens is 1. The van der Waals surface area contributed by atoms with E-state index in [2.05, 4.69) is 10.3 Å². The highest BCUT2D eigenvalue weighted by Crippen LogP contribution is 2.37. The average Bonchev–Trinajstić information content (AvgIpc) is 2.58. The van der Waals surface area contributed by atoms with Crippen LogP contribution in [0.2, 0.25) is 0 Å². The Balaban J connectivity index is 1.81. The maximum atomic E-state index is 12.6. The molecule has 1 saturated carbocycles. The normalized spacial score (nSPS) is 15.7. The van der Waals surface area contributed by atoms with Gasteiger partial charge in [0.1, 0.15) is 19.5 Å². The van der Waals surface area contributed by atoms with E-state index in [1.807, 2.05) is 36.4 Å². The Labute approximate surface area is 149 Å². The van der Waals surface area contributed by atoms with Crippen LogP contribution in [0, 0.1) is 17.2 Å². The first-order valence-corrected chi connectivity index (χ1v) is 8.37. The lowest BCUT2D eigenvalue weighted by Crippen LogP contribution is -2.36. The molecule has 1 N–H and O–H groups in total. The third-order valence-corrected chi connectivity index (χ3v) is 4.52. The molecular formula is C20H18BN3O. The van der Waals surface area contributed by atoms with Gasteiger partial charge in [0.15, 0.2) is 0 Å². The van der Waals surface area contributed by atoms with Crippen molar-refractivity contribution >= 4 is 25.4 Å². The van der Waals surface area contributed by atoms with Gasteiger partial charge in [0, 0.05) is 0 Å². The predicted molar refractivity (Wildman–Crippen MR) is 97.9 cm³/mol.